The monoisotopic (exact) mass is 694 g/mol. The SMILES string of the molecule is CC(=O)NCCCNC(=O)C(C)(C)Cc1c2c3c(c(OCc4ccc(-c5ccccc5)cn4)ccc3n1Cc1ccc(Cl)cc1)CC(C)S2. The molecular formula is C40H43ClN4O3S. The molecule has 6 rings (SSSR count). The van der Waals surface area contributed by atoms with E-state index in [1.807, 2.05) is 68.2 Å². The van der Waals surface area contributed by atoms with Crippen molar-refractivity contribution in [1.82, 2.24) is 20.2 Å². The number of nitrogens with one attached hydrogen (secondary N) is 2. The molecule has 0 radical (unpaired) electrons. The van der Waals surface area contributed by atoms with Crippen molar-refractivity contribution in [2.45, 2.75) is 70.3 Å². The van der Waals surface area contributed by atoms with Gasteiger partial charge in [0.1, 0.15) is 12.4 Å². The van der Waals surface area contributed by atoms with Gasteiger partial charge in [0, 0.05) is 82.0 Å². The molecule has 0 spiro atoms. The maximum absolute atomic E-state index is 13.6. The van der Waals surface area contributed by atoms with E-state index in [4.69, 9.17) is 21.3 Å². The molecule has 0 saturated carbocycles. The molecular weight excluding hydrogens is 652 g/mol. The first-order chi connectivity index (χ1) is 23.6. The van der Waals surface area contributed by atoms with Crippen molar-refractivity contribution in [3.8, 4) is 16.9 Å². The van der Waals surface area contributed by atoms with Gasteiger partial charge in [-0.15, -0.1) is 11.8 Å². The molecule has 5 aromatic rings. The van der Waals surface area contributed by atoms with E-state index < -0.39 is 5.41 Å². The van der Waals surface area contributed by atoms with Crippen LogP contribution >= 0.6 is 23.4 Å². The van der Waals surface area contributed by atoms with Crippen LogP contribution in [-0.2, 0) is 35.6 Å². The fraction of sp³-hybridized carbons (Fsp3) is 0.325. The highest BCUT2D eigenvalue weighted by Gasteiger charge is 2.34. The zero-order valence-electron chi connectivity index (χ0n) is 28.5. The highest BCUT2D eigenvalue weighted by molar-refractivity contribution is 8.00. The summed E-state index contributed by atoms with van der Waals surface area (Å²) in [5.74, 6) is 0.805. The van der Waals surface area contributed by atoms with Crippen molar-refractivity contribution in [2.75, 3.05) is 13.1 Å². The molecule has 0 fully saturated rings. The summed E-state index contributed by atoms with van der Waals surface area (Å²) in [6, 6.07) is 26.6. The van der Waals surface area contributed by atoms with Gasteiger partial charge in [0.25, 0.3) is 0 Å². The maximum Gasteiger partial charge on any atom is 0.226 e. The third-order valence-corrected chi connectivity index (χ3v) is 10.5. The summed E-state index contributed by atoms with van der Waals surface area (Å²) in [6.45, 7) is 9.84. The lowest BCUT2D eigenvalue weighted by Gasteiger charge is -2.26. The van der Waals surface area contributed by atoms with Crippen molar-refractivity contribution in [2.24, 2.45) is 5.41 Å². The summed E-state index contributed by atoms with van der Waals surface area (Å²) in [5.41, 5.74) is 7.04. The molecule has 49 heavy (non-hydrogen) atoms. The zero-order chi connectivity index (χ0) is 34.5. The minimum atomic E-state index is -0.672. The zero-order valence-corrected chi connectivity index (χ0v) is 30.1. The van der Waals surface area contributed by atoms with Crippen LogP contribution in [0.2, 0.25) is 5.02 Å². The number of thioether (sulfide) groups is 1. The second kappa shape index (κ2) is 15.1. The van der Waals surface area contributed by atoms with E-state index in [9.17, 15) is 9.59 Å². The lowest BCUT2D eigenvalue weighted by atomic mass is 9.86. The van der Waals surface area contributed by atoms with Crippen LogP contribution in [0.4, 0.5) is 0 Å². The van der Waals surface area contributed by atoms with E-state index in [-0.39, 0.29) is 11.8 Å². The molecule has 1 unspecified atom stereocenters. The van der Waals surface area contributed by atoms with Crippen LogP contribution in [0.3, 0.4) is 0 Å². The van der Waals surface area contributed by atoms with Gasteiger partial charge < -0.3 is 19.9 Å². The Hall–Kier alpha value is -4.27. The fourth-order valence-electron chi connectivity index (χ4n) is 6.39. The Morgan fingerprint density at radius 3 is 2.45 bits per heavy atom. The molecule has 2 aromatic heterocycles. The number of benzene rings is 3. The summed E-state index contributed by atoms with van der Waals surface area (Å²) in [4.78, 5) is 30.7. The first-order valence-electron chi connectivity index (χ1n) is 16.8. The van der Waals surface area contributed by atoms with E-state index in [0.29, 0.717) is 49.4 Å². The molecule has 3 heterocycles. The minimum Gasteiger partial charge on any atom is -0.487 e. The summed E-state index contributed by atoms with van der Waals surface area (Å²) in [5, 5.41) is 8.14. The average Bonchev–Trinajstić information content (AvgIpc) is 3.36. The average molecular weight is 695 g/mol. The van der Waals surface area contributed by atoms with Crippen LogP contribution in [0.5, 0.6) is 5.75 Å². The first-order valence-corrected chi connectivity index (χ1v) is 18.1. The Labute approximate surface area is 297 Å². The first kappa shape index (κ1) is 34.6. The highest BCUT2D eigenvalue weighted by atomic mass is 35.5. The summed E-state index contributed by atoms with van der Waals surface area (Å²) in [7, 11) is 0. The molecule has 2 amide bonds. The molecule has 2 N–H and O–H groups in total. The van der Waals surface area contributed by atoms with Crippen molar-refractivity contribution in [3.63, 3.8) is 0 Å². The van der Waals surface area contributed by atoms with Crippen LogP contribution < -0.4 is 15.4 Å². The number of aromatic nitrogens is 2. The predicted octanol–water partition coefficient (Wildman–Crippen LogP) is 8.23. The second-order valence-corrected chi connectivity index (χ2v) is 15.3. The molecule has 7 nitrogen and oxygen atoms in total. The van der Waals surface area contributed by atoms with Crippen molar-refractivity contribution >= 4 is 46.1 Å². The molecule has 0 bridgehead atoms. The third kappa shape index (κ3) is 8.14. The van der Waals surface area contributed by atoms with Gasteiger partial charge in [0.05, 0.1) is 11.2 Å². The number of hydrogen-bond acceptors (Lipinski definition) is 5. The Morgan fingerprint density at radius 2 is 1.73 bits per heavy atom. The van der Waals surface area contributed by atoms with Gasteiger partial charge in [-0.2, -0.15) is 0 Å². The summed E-state index contributed by atoms with van der Waals surface area (Å²) < 4.78 is 8.89. The Morgan fingerprint density at radius 1 is 0.980 bits per heavy atom. The molecule has 254 valence electrons. The van der Waals surface area contributed by atoms with E-state index >= 15 is 0 Å². The number of halogens is 1. The summed E-state index contributed by atoms with van der Waals surface area (Å²) in [6.07, 6.45) is 4.03. The van der Waals surface area contributed by atoms with Gasteiger partial charge in [-0.05, 0) is 54.3 Å². The van der Waals surface area contributed by atoms with Gasteiger partial charge in [-0.25, -0.2) is 0 Å². The standard InChI is InChI=1S/C40H43ClN4O3S/c1-26-21-33-36(48-25-32-16-13-30(23-44-32)29-9-6-5-7-10-29)18-17-34-37(33)38(49-26)35(45(34)24-28-11-14-31(41)15-12-28)22-40(3,4)39(47)43-20-8-19-42-27(2)46/h5-7,9-18,23,26H,8,19-22,24-25H2,1-4H3,(H,42,46)(H,43,47). The topological polar surface area (TPSA) is 85.2 Å². The van der Waals surface area contributed by atoms with E-state index in [0.717, 1.165) is 45.8 Å². The number of ether oxygens (including phenoxy) is 1. The minimum absolute atomic E-state index is 0.00490. The lowest BCUT2D eigenvalue weighted by molar-refractivity contribution is -0.129. The van der Waals surface area contributed by atoms with E-state index in [2.05, 4.69) is 64.6 Å². The van der Waals surface area contributed by atoms with Gasteiger partial charge >= 0.3 is 0 Å². The largest absolute Gasteiger partial charge is 0.487 e. The van der Waals surface area contributed by atoms with Crippen LogP contribution in [0.25, 0.3) is 22.0 Å². The van der Waals surface area contributed by atoms with E-state index in [1.54, 1.807) is 0 Å². The van der Waals surface area contributed by atoms with Gasteiger partial charge in [-0.1, -0.05) is 80.9 Å². The normalized spacial score (nSPS) is 14.1. The van der Waals surface area contributed by atoms with Crippen molar-refractivity contribution < 1.29 is 14.3 Å². The number of pyridine rings is 1. The second-order valence-electron chi connectivity index (χ2n) is 13.4. The third-order valence-electron chi connectivity index (χ3n) is 8.96. The number of hydrogen-bond donors (Lipinski definition) is 2. The maximum atomic E-state index is 13.6. The molecule has 0 saturated heterocycles. The highest BCUT2D eigenvalue weighted by Crippen LogP contribution is 2.48. The van der Waals surface area contributed by atoms with Crippen molar-refractivity contribution in [1.29, 1.82) is 0 Å². The number of amides is 2. The Kier molecular flexibility index (Phi) is 10.7. The quantitative estimate of drug-likeness (QED) is 0.121. The number of carbonyl (C=O) groups is 2. The smallest absolute Gasteiger partial charge is 0.226 e. The molecule has 1 aliphatic rings. The molecule has 1 aliphatic heterocycles. The molecule has 0 aliphatic carbocycles. The van der Waals surface area contributed by atoms with Crippen LogP contribution in [-0.4, -0.2) is 39.7 Å². The van der Waals surface area contributed by atoms with Crippen LogP contribution in [0, 0.1) is 5.41 Å². The van der Waals surface area contributed by atoms with Gasteiger partial charge in [0.2, 0.25) is 11.8 Å². The predicted molar refractivity (Wildman–Crippen MR) is 199 cm³/mol. The van der Waals surface area contributed by atoms with Crippen molar-refractivity contribution in [3.05, 3.63) is 113 Å². The number of carbonyl (C=O) groups excluding carboxylic acids is 2. The molecule has 1 atom stereocenters. The fourth-order valence-corrected chi connectivity index (χ4v) is 7.83. The Bertz CT molecular complexity index is 1940. The summed E-state index contributed by atoms with van der Waals surface area (Å²) >= 11 is 8.13. The molecule has 9 heteroatoms. The van der Waals surface area contributed by atoms with E-state index in [1.165, 1.54) is 22.8 Å². The lowest BCUT2D eigenvalue weighted by Crippen LogP contribution is -2.40. The Balaban J connectivity index is 1.31. The van der Waals surface area contributed by atoms with Gasteiger partial charge in [0.15, 0.2) is 0 Å². The number of nitrogens with zero attached hydrogens (tertiary/aromatic N) is 2. The van der Waals surface area contributed by atoms with Crippen LogP contribution in [0.15, 0.2) is 90.0 Å². The number of rotatable bonds is 13. The van der Waals surface area contributed by atoms with Gasteiger partial charge in [-0.3, -0.25) is 14.6 Å². The molecule has 3 aromatic carbocycles. The van der Waals surface area contributed by atoms with Crippen LogP contribution in [0.1, 0.15) is 56.6 Å².